The molecular weight excluding hydrogens is 339 g/mol. The van der Waals surface area contributed by atoms with Crippen LogP contribution in [0.3, 0.4) is 0 Å². The average Bonchev–Trinajstić information content (AvgIpc) is 2.38. The second-order valence-corrected chi connectivity index (χ2v) is 6.72. The number of carbonyl (C=O) groups excluding carboxylic acids is 1. The summed E-state index contributed by atoms with van der Waals surface area (Å²) in [6, 6.07) is 3.57. The molecule has 1 aromatic carbocycles. The summed E-state index contributed by atoms with van der Waals surface area (Å²) in [6.07, 6.45) is 0.0469. The number of sulfonamides is 1. The lowest BCUT2D eigenvalue weighted by atomic mass is 10.3. The van der Waals surface area contributed by atoms with Crippen LogP contribution in [0.5, 0.6) is 0 Å². The maximum atomic E-state index is 13.3. The molecule has 0 atom stereocenters. The molecule has 19 heavy (non-hydrogen) atoms. The number of carbonyl (C=O) groups is 1. The molecule has 5 nitrogen and oxygen atoms in total. The lowest BCUT2D eigenvalue weighted by Crippen LogP contribution is -2.31. The van der Waals surface area contributed by atoms with Gasteiger partial charge in [0.15, 0.2) is 0 Å². The van der Waals surface area contributed by atoms with Crippen molar-refractivity contribution in [2.75, 3.05) is 20.6 Å². The van der Waals surface area contributed by atoms with E-state index >= 15 is 0 Å². The van der Waals surface area contributed by atoms with E-state index in [-0.39, 0.29) is 28.2 Å². The van der Waals surface area contributed by atoms with Gasteiger partial charge in [0.2, 0.25) is 15.9 Å². The number of hydrogen-bond acceptors (Lipinski definition) is 3. The first-order valence-corrected chi connectivity index (χ1v) is 7.64. The minimum Gasteiger partial charge on any atom is -0.359 e. The monoisotopic (exact) mass is 352 g/mol. The number of rotatable bonds is 5. The Bertz CT molecular complexity index is 577. The summed E-state index contributed by atoms with van der Waals surface area (Å²) >= 11 is 2.96. The zero-order valence-corrected chi connectivity index (χ0v) is 12.9. The second kappa shape index (κ2) is 6.44. The molecule has 0 bridgehead atoms. The van der Waals surface area contributed by atoms with Crippen LogP contribution in [-0.2, 0) is 14.8 Å². The van der Waals surface area contributed by atoms with Gasteiger partial charge in [-0.05, 0) is 34.1 Å². The van der Waals surface area contributed by atoms with Gasteiger partial charge in [-0.3, -0.25) is 4.79 Å². The molecule has 106 valence electrons. The molecule has 1 aromatic rings. The van der Waals surface area contributed by atoms with Crippen LogP contribution in [0.2, 0.25) is 0 Å². The van der Waals surface area contributed by atoms with Crippen molar-refractivity contribution in [3.05, 3.63) is 28.5 Å². The molecule has 0 heterocycles. The molecule has 0 aliphatic carbocycles. The van der Waals surface area contributed by atoms with Gasteiger partial charge in [-0.1, -0.05) is 0 Å². The Kier molecular flexibility index (Phi) is 5.45. The third kappa shape index (κ3) is 3.99. The quantitative estimate of drug-likeness (QED) is 0.869. The van der Waals surface area contributed by atoms with Gasteiger partial charge in [0.25, 0.3) is 0 Å². The van der Waals surface area contributed by atoms with Gasteiger partial charge >= 0.3 is 0 Å². The Morgan fingerprint density at radius 1 is 1.47 bits per heavy atom. The molecule has 0 unspecified atom stereocenters. The molecule has 8 heteroatoms. The van der Waals surface area contributed by atoms with Crippen LogP contribution in [0.25, 0.3) is 0 Å². The second-order valence-electron chi connectivity index (χ2n) is 3.83. The molecule has 0 spiro atoms. The lowest BCUT2D eigenvalue weighted by molar-refractivity contribution is -0.120. The minimum absolute atomic E-state index is 0.0275. The molecule has 1 N–H and O–H groups in total. The number of amides is 1. The van der Waals surface area contributed by atoms with Crippen LogP contribution in [0, 0.1) is 5.82 Å². The SMILES string of the molecule is CNC(=O)CCN(C)S(=O)(=O)c1ccc(Br)c(F)c1. The fourth-order valence-electron chi connectivity index (χ4n) is 1.32. The van der Waals surface area contributed by atoms with Crippen molar-refractivity contribution in [2.45, 2.75) is 11.3 Å². The minimum atomic E-state index is -3.79. The highest BCUT2D eigenvalue weighted by Gasteiger charge is 2.22. The van der Waals surface area contributed by atoms with E-state index in [1.54, 1.807) is 0 Å². The summed E-state index contributed by atoms with van der Waals surface area (Å²) in [5.41, 5.74) is 0. The molecule has 0 aliphatic rings. The van der Waals surface area contributed by atoms with Crippen molar-refractivity contribution in [3.63, 3.8) is 0 Å². The number of halogens is 2. The summed E-state index contributed by atoms with van der Waals surface area (Å²) < 4.78 is 38.8. The standard InChI is InChI=1S/C11H14BrFN2O3S/c1-14-11(16)5-6-15(2)19(17,18)8-3-4-9(12)10(13)7-8/h3-4,7H,5-6H2,1-2H3,(H,14,16). The lowest BCUT2D eigenvalue weighted by Gasteiger charge is -2.16. The first-order valence-electron chi connectivity index (χ1n) is 5.41. The van der Waals surface area contributed by atoms with Crippen molar-refractivity contribution in [2.24, 2.45) is 0 Å². The Morgan fingerprint density at radius 2 is 2.11 bits per heavy atom. The largest absolute Gasteiger partial charge is 0.359 e. The Hall–Kier alpha value is -0.990. The van der Waals surface area contributed by atoms with Crippen molar-refractivity contribution in [1.82, 2.24) is 9.62 Å². The van der Waals surface area contributed by atoms with Crippen molar-refractivity contribution in [1.29, 1.82) is 0 Å². The van der Waals surface area contributed by atoms with Gasteiger partial charge in [0, 0.05) is 27.1 Å². The van der Waals surface area contributed by atoms with E-state index in [1.165, 1.54) is 26.2 Å². The maximum absolute atomic E-state index is 13.3. The van der Waals surface area contributed by atoms with Gasteiger partial charge in [0.1, 0.15) is 5.82 Å². The molecule has 1 rings (SSSR count). The molecular formula is C11H14BrFN2O3S. The van der Waals surface area contributed by atoms with Crippen LogP contribution in [-0.4, -0.2) is 39.3 Å². The molecule has 0 fully saturated rings. The molecule has 0 radical (unpaired) electrons. The third-order valence-corrected chi connectivity index (χ3v) is 5.03. The first kappa shape index (κ1) is 16.1. The Morgan fingerprint density at radius 3 is 2.63 bits per heavy atom. The number of benzene rings is 1. The van der Waals surface area contributed by atoms with Crippen LogP contribution in [0.15, 0.2) is 27.6 Å². The molecule has 0 saturated heterocycles. The summed E-state index contributed by atoms with van der Waals surface area (Å²) in [6.45, 7) is 0.0275. The van der Waals surface area contributed by atoms with Gasteiger partial charge in [0.05, 0.1) is 9.37 Å². The highest BCUT2D eigenvalue weighted by Crippen LogP contribution is 2.21. The normalized spacial score (nSPS) is 11.6. The first-order chi connectivity index (χ1) is 8.78. The summed E-state index contributed by atoms with van der Waals surface area (Å²) in [4.78, 5) is 10.9. The highest BCUT2D eigenvalue weighted by molar-refractivity contribution is 9.10. The van der Waals surface area contributed by atoms with E-state index in [9.17, 15) is 17.6 Å². The average molecular weight is 353 g/mol. The molecule has 0 saturated carbocycles. The predicted molar refractivity (Wildman–Crippen MR) is 72.6 cm³/mol. The smallest absolute Gasteiger partial charge is 0.242 e. The summed E-state index contributed by atoms with van der Waals surface area (Å²) in [7, 11) is -0.971. The van der Waals surface area contributed by atoms with Crippen LogP contribution in [0.4, 0.5) is 4.39 Å². The van der Waals surface area contributed by atoms with Gasteiger partial charge in [-0.2, -0.15) is 0 Å². The maximum Gasteiger partial charge on any atom is 0.242 e. The van der Waals surface area contributed by atoms with Gasteiger partial charge in [-0.25, -0.2) is 17.1 Å². The number of hydrogen-bond donors (Lipinski definition) is 1. The van der Waals surface area contributed by atoms with E-state index in [2.05, 4.69) is 21.2 Å². The fourth-order valence-corrected chi connectivity index (χ4v) is 2.75. The summed E-state index contributed by atoms with van der Waals surface area (Å²) in [5, 5.41) is 2.40. The zero-order valence-electron chi connectivity index (χ0n) is 10.5. The van der Waals surface area contributed by atoms with Crippen LogP contribution in [0.1, 0.15) is 6.42 Å². The van der Waals surface area contributed by atoms with Gasteiger partial charge in [-0.15, -0.1) is 0 Å². The van der Waals surface area contributed by atoms with E-state index < -0.39 is 15.8 Å². The molecule has 1 amide bonds. The van der Waals surface area contributed by atoms with Crippen molar-refractivity contribution in [3.8, 4) is 0 Å². The number of nitrogens with zero attached hydrogens (tertiary/aromatic N) is 1. The highest BCUT2D eigenvalue weighted by atomic mass is 79.9. The van der Waals surface area contributed by atoms with E-state index in [4.69, 9.17) is 0 Å². The zero-order chi connectivity index (χ0) is 14.6. The number of nitrogens with one attached hydrogen (secondary N) is 1. The van der Waals surface area contributed by atoms with E-state index in [1.807, 2.05) is 0 Å². The third-order valence-electron chi connectivity index (χ3n) is 2.53. The van der Waals surface area contributed by atoms with Crippen LogP contribution >= 0.6 is 15.9 Å². The van der Waals surface area contributed by atoms with E-state index in [0.29, 0.717) is 0 Å². The summed E-state index contributed by atoms with van der Waals surface area (Å²) in [5.74, 6) is -0.912. The van der Waals surface area contributed by atoms with Crippen LogP contribution < -0.4 is 5.32 Å². The van der Waals surface area contributed by atoms with Gasteiger partial charge < -0.3 is 5.32 Å². The molecule has 0 aromatic heterocycles. The fraction of sp³-hybridized carbons (Fsp3) is 0.364. The topological polar surface area (TPSA) is 66.5 Å². The molecule has 0 aliphatic heterocycles. The van der Waals surface area contributed by atoms with Crippen molar-refractivity contribution >= 4 is 31.9 Å². The Balaban J connectivity index is 2.90. The predicted octanol–water partition coefficient (Wildman–Crippen LogP) is 1.34. The van der Waals surface area contributed by atoms with E-state index in [0.717, 1.165) is 10.4 Å². The van der Waals surface area contributed by atoms with Crippen molar-refractivity contribution < 1.29 is 17.6 Å². The Labute approximate surface area is 120 Å².